The summed E-state index contributed by atoms with van der Waals surface area (Å²) < 4.78 is 0. The summed E-state index contributed by atoms with van der Waals surface area (Å²) in [6.07, 6.45) is 1.74. The molecule has 0 aliphatic carbocycles. The molecule has 68 valence electrons. The Hall–Kier alpha value is -1.58. The Balaban J connectivity index is 2.02. The highest BCUT2D eigenvalue weighted by Crippen LogP contribution is 2.03. The van der Waals surface area contributed by atoms with Gasteiger partial charge in [-0.05, 0) is 12.1 Å². The van der Waals surface area contributed by atoms with Crippen molar-refractivity contribution in [1.29, 1.82) is 0 Å². The summed E-state index contributed by atoms with van der Waals surface area (Å²) in [5.74, 6) is 0. The summed E-state index contributed by atoms with van der Waals surface area (Å²) in [6.45, 7) is 2.12. The molecule has 1 aliphatic rings. The van der Waals surface area contributed by atoms with Crippen LogP contribution in [0.25, 0.3) is 0 Å². The van der Waals surface area contributed by atoms with Crippen molar-refractivity contribution in [2.45, 2.75) is 6.54 Å². The molecule has 2 heterocycles. The van der Waals surface area contributed by atoms with E-state index in [0.717, 1.165) is 18.8 Å². The average Bonchev–Trinajstić information content (AvgIpc) is 2.54. The summed E-state index contributed by atoms with van der Waals surface area (Å²) >= 11 is 0. The van der Waals surface area contributed by atoms with Crippen molar-refractivity contribution < 1.29 is 4.79 Å². The van der Waals surface area contributed by atoms with Gasteiger partial charge in [-0.15, -0.1) is 0 Å². The number of hydrogen-bond acceptors (Lipinski definition) is 2. The molecule has 2 rings (SSSR count). The van der Waals surface area contributed by atoms with Crippen molar-refractivity contribution in [2.75, 3.05) is 13.1 Å². The van der Waals surface area contributed by atoms with Crippen LogP contribution in [0.3, 0.4) is 0 Å². The van der Waals surface area contributed by atoms with Crippen molar-refractivity contribution in [3.05, 3.63) is 30.1 Å². The molecule has 1 N–H and O–H groups in total. The molecular weight excluding hydrogens is 166 g/mol. The highest BCUT2D eigenvalue weighted by atomic mass is 16.2. The Bertz CT molecular complexity index is 299. The van der Waals surface area contributed by atoms with Crippen LogP contribution in [-0.2, 0) is 6.54 Å². The van der Waals surface area contributed by atoms with E-state index >= 15 is 0 Å². The van der Waals surface area contributed by atoms with Crippen molar-refractivity contribution >= 4 is 6.03 Å². The number of amides is 2. The molecule has 0 radical (unpaired) electrons. The number of urea groups is 1. The number of aromatic nitrogens is 1. The third kappa shape index (κ3) is 1.77. The van der Waals surface area contributed by atoms with Gasteiger partial charge in [0.15, 0.2) is 0 Å². The molecule has 1 aliphatic heterocycles. The summed E-state index contributed by atoms with van der Waals surface area (Å²) in [4.78, 5) is 17.1. The first kappa shape index (κ1) is 8.04. The largest absolute Gasteiger partial charge is 0.336 e. The summed E-state index contributed by atoms with van der Waals surface area (Å²) in [7, 11) is 0. The lowest BCUT2D eigenvalue weighted by molar-refractivity contribution is 0.215. The van der Waals surface area contributed by atoms with Crippen LogP contribution < -0.4 is 5.32 Å². The van der Waals surface area contributed by atoms with E-state index in [9.17, 15) is 4.79 Å². The monoisotopic (exact) mass is 177 g/mol. The zero-order valence-corrected chi connectivity index (χ0v) is 7.23. The lowest BCUT2D eigenvalue weighted by Gasteiger charge is -2.12. The maximum absolute atomic E-state index is 11.2. The minimum Gasteiger partial charge on any atom is -0.336 e. The second-order valence-electron chi connectivity index (χ2n) is 2.97. The fourth-order valence-corrected chi connectivity index (χ4v) is 1.35. The number of hydrogen-bond donors (Lipinski definition) is 1. The van der Waals surface area contributed by atoms with Gasteiger partial charge in [0.25, 0.3) is 0 Å². The molecule has 0 spiro atoms. The molecule has 0 aromatic carbocycles. The van der Waals surface area contributed by atoms with Crippen LogP contribution in [0.15, 0.2) is 24.4 Å². The Morgan fingerprint density at radius 1 is 1.54 bits per heavy atom. The lowest BCUT2D eigenvalue weighted by atomic mass is 10.3. The number of nitrogens with one attached hydrogen (secondary N) is 1. The molecule has 1 fully saturated rings. The smallest absolute Gasteiger partial charge is 0.317 e. The minimum absolute atomic E-state index is 0.00523. The fraction of sp³-hybridized carbons (Fsp3) is 0.333. The Labute approximate surface area is 76.6 Å². The zero-order chi connectivity index (χ0) is 9.10. The molecule has 13 heavy (non-hydrogen) atoms. The van der Waals surface area contributed by atoms with Crippen LogP contribution in [0, 0.1) is 0 Å². The molecule has 4 nitrogen and oxygen atoms in total. The van der Waals surface area contributed by atoms with Gasteiger partial charge < -0.3 is 10.2 Å². The van der Waals surface area contributed by atoms with Gasteiger partial charge in [-0.3, -0.25) is 4.98 Å². The third-order valence-electron chi connectivity index (χ3n) is 2.02. The van der Waals surface area contributed by atoms with Gasteiger partial charge in [0, 0.05) is 19.3 Å². The fourth-order valence-electron chi connectivity index (χ4n) is 1.35. The summed E-state index contributed by atoms with van der Waals surface area (Å²) in [5, 5.41) is 2.75. The summed E-state index contributed by atoms with van der Waals surface area (Å²) in [5.41, 5.74) is 0.930. The summed E-state index contributed by atoms with van der Waals surface area (Å²) in [6, 6.07) is 5.72. The minimum atomic E-state index is 0.00523. The van der Waals surface area contributed by atoms with E-state index in [1.165, 1.54) is 0 Å². The molecule has 1 saturated heterocycles. The number of pyridine rings is 1. The molecule has 2 amide bonds. The van der Waals surface area contributed by atoms with E-state index < -0.39 is 0 Å². The highest BCUT2D eigenvalue weighted by molar-refractivity contribution is 5.76. The average molecular weight is 177 g/mol. The van der Waals surface area contributed by atoms with Gasteiger partial charge in [-0.25, -0.2) is 4.79 Å². The highest BCUT2D eigenvalue weighted by Gasteiger charge is 2.19. The standard InChI is InChI=1S/C9H11N3O/c13-9-11-5-6-12(9)7-8-3-1-2-4-10-8/h1-4H,5-7H2,(H,11,13). The van der Waals surface area contributed by atoms with Crippen LogP contribution in [-0.4, -0.2) is 29.0 Å². The van der Waals surface area contributed by atoms with Gasteiger partial charge in [0.05, 0.1) is 12.2 Å². The van der Waals surface area contributed by atoms with Crippen molar-refractivity contribution in [3.8, 4) is 0 Å². The normalized spacial score (nSPS) is 16.0. The number of nitrogens with zero attached hydrogens (tertiary/aromatic N) is 2. The van der Waals surface area contributed by atoms with Crippen molar-refractivity contribution in [1.82, 2.24) is 15.2 Å². The van der Waals surface area contributed by atoms with E-state index in [4.69, 9.17) is 0 Å². The van der Waals surface area contributed by atoms with Crippen molar-refractivity contribution in [3.63, 3.8) is 0 Å². The maximum atomic E-state index is 11.2. The molecule has 1 aromatic heterocycles. The van der Waals surface area contributed by atoms with Crippen LogP contribution in [0.1, 0.15) is 5.69 Å². The van der Waals surface area contributed by atoms with Crippen LogP contribution in [0.4, 0.5) is 4.79 Å². The lowest BCUT2D eigenvalue weighted by Crippen LogP contribution is -2.27. The molecule has 0 unspecified atom stereocenters. The van der Waals surface area contributed by atoms with Gasteiger partial charge in [-0.1, -0.05) is 6.07 Å². The van der Waals surface area contributed by atoms with Crippen LogP contribution in [0.2, 0.25) is 0 Å². The molecule has 0 bridgehead atoms. The SMILES string of the molecule is O=C1NCCN1Cc1ccccn1. The van der Waals surface area contributed by atoms with Gasteiger partial charge in [0.1, 0.15) is 0 Å². The van der Waals surface area contributed by atoms with Crippen LogP contribution >= 0.6 is 0 Å². The van der Waals surface area contributed by atoms with Crippen LogP contribution in [0.5, 0.6) is 0 Å². The van der Waals surface area contributed by atoms with E-state index in [-0.39, 0.29) is 6.03 Å². The first-order valence-electron chi connectivity index (χ1n) is 4.29. The van der Waals surface area contributed by atoms with Gasteiger partial charge in [0.2, 0.25) is 0 Å². The Kier molecular flexibility index (Phi) is 2.12. The quantitative estimate of drug-likeness (QED) is 0.719. The van der Waals surface area contributed by atoms with Gasteiger partial charge >= 0.3 is 6.03 Å². The third-order valence-corrected chi connectivity index (χ3v) is 2.02. The number of carbonyl (C=O) groups excluding carboxylic acids is 1. The Morgan fingerprint density at radius 2 is 2.46 bits per heavy atom. The zero-order valence-electron chi connectivity index (χ0n) is 7.23. The predicted molar refractivity (Wildman–Crippen MR) is 48.0 cm³/mol. The van der Waals surface area contributed by atoms with E-state index in [2.05, 4.69) is 10.3 Å². The Morgan fingerprint density at radius 3 is 3.08 bits per heavy atom. The predicted octanol–water partition coefficient (Wildman–Crippen LogP) is 0.607. The van der Waals surface area contributed by atoms with E-state index in [0.29, 0.717) is 6.54 Å². The van der Waals surface area contributed by atoms with Crippen molar-refractivity contribution in [2.24, 2.45) is 0 Å². The second-order valence-corrected chi connectivity index (χ2v) is 2.97. The maximum Gasteiger partial charge on any atom is 0.317 e. The van der Waals surface area contributed by atoms with Gasteiger partial charge in [-0.2, -0.15) is 0 Å². The van der Waals surface area contributed by atoms with E-state index in [1.54, 1.807) is 11.1 Å². The molecule has 0 saturated carbocycles. The number of carbonyl (C=O) groups is 1. The van der Waals surface area contributed by atoms with E-state index in [1.807, 2.05) is 18.2 Å². The second kappa shape index (κ2) is 3.43. The molecule has 0 atom stereocenters. The molecule has 4 heteroatoms. The topological polar surface area (TPSA) is 45.2 Å². The molecular formula is C9H11N3O. The first-order chi connectivity index (χ1) is 6.36. The number of rotatable bonds is 2. The molecule has 1 aromatic rings. The first-order valence-corrected chi connectivity index (χ1v) is 4.29.